The summed E-state index contributed by atoms with van der Waals surface area (Å²) in [7, 11) is 0. The van der Waals surface area contributed by atoms with Crippen LogP contribution in [0.25, 0.3) is 17.0 Å². The number of rotatable bonds is 3. The summed E-state index contributed by atoms with van der Waals surface area (Å²) in [6, 6.07) is 8.39. The molecule has 130 valence electrons. The molecule has 1 aromatic carbocycles. The second-order valence-corrected chi connectivity index (χ2v) is 6.79. The van der Waals surface area contributed by atoms with E-state index in [0.29, 0.717) is 17.8 Å². The first-order chi connectivity index (χ1) is 12.6. The number of benzene rings is 1. The summed E-state index contributed by atoms with van der Waals surface area (Å²) in [6.07, 6.45) is 5.11. The van der Waals surface area contributed by atoms with Crippen molar-refractivity contribution in [3.05, 3.63) is 70.3 Å². The Bertz CT molecular complexity index is 1160. The number of aryl methyl sites for hydroxylation is 4. The van der Waals surface area contributed by atoms with Crippen LogP contribution in [0.3, 0.4) is 0 Å². The molecule has 0 radical (unpaired) electrons. The van der Waals surface area contributed by atoms with Gasteiger partial charge in [-0.2, -0.15) is 9.83 Å². The van der Waals surface area contributed by atoms with Crippen molar-refractivity contribution < 1.29 is 4.73 Å². The fourth-order valence-corrected chi connectivity index (χ4v) is 3.59. The molecule has 0 atom stereocenters. The maximum Gasteiger partial charge on any atom is 0.234 e. The Hall–Kier alpha value is -3.22. The van der Waals surface area contributed by atoms with Gasteiger partial charge in [0.25, 0.3) is 0 Å². The largest absolute Gasteiger partial charge is 0.618 e. The molecule has 1 aliphatic heterocycles. The van der Waals surface area contributed by atoms with Gasteiger partial charge in [0.15, 0.2) is 5.82 Å². The highest BCUT2D eigenvalue weighted by atomic mass is 16.5. The number of nitrogens with zero attached hydrogens (tertiary/aromatic N) is 6. The van der Waals surface area contributed by atoms with E-state index in [1.54, 1.807) is 11.4 Å². The minimum atomic E-state index is 0.562. The highest BCUT2D eigenvalue weighted by Crippen LogP contribution is 2.30. The predicted molar refractivity (Wildman–Crippen MR) is 95.6 cm³/mol. The lowest BCUT2D eigenvalue weighted by molar-refractivity contribution is -0.612. The van der Waals surface area contributed by atoms with Crippen molar-refractivity contribution >= 4 is 5.65 Å². The SMILES string of the molecule is Cc1c[n+]([O-])c(C)c2nc(CCc3cn4c(n3)-c3ccccc3C4)nn12. The zero-order valence-corrected chi connectivity index (χ0v) is 14.7. The van der Waals surface area contributed by atoms with E-state index in [4.69, 9.17) is 4.98 Å². The quantitative estimate of drug-likeness (QED) is 0.370. The molecule has 7 heteroatoms. The Morgan fingerprint density at radius 3 is 2.88 bits per heavy atom. The van der Waals surface area contributed by atoms with Crippen LogP contribution in [0.1, 0.15) is 28.5 Å². The standard InChI is InChI=1S/C19H18N6O/c1-12-9-24(26)13(2)18-21-17(22-25(12)18)8-7-15-11-23-10-14-5-3-4-6-16(14)19(23)20-15/h3-6,9,11H,7-8,10H2,1-2H3. The second kappa shape index (κ2) is 5.39. The number of hydrogen-bond donors (Lipinski definition) is 0. The third-order valence-corrected chi connectivity index (χ3v) is 4.97. The van der Waals surface area contributed by atoms with Crippen LogP contribution >= 0.6 is 0 Å². The van der Waals surface area contributed by atoms with Gasteiger partial charge in [0.1, 0.15) is 11.5 Å². The fraction of sp³-hybridized carbons (Fsp3) is 0.263. The van der Waals surface area contributed by atoms with Crippen molar-refractivity contribution in [1.29, 1.82) is 0 Å². The van der Waals surface area contributed by atoms with E-state index in [9.17, 15) is 5.21 Å². The summed E-state index contributed by atoms with van der Waals surface area (Å²) in [6.45, 7) is 4.50. The van der Waals surface area contributed by atoms with E-state index in [0.717, 1.165) is 40.7 Å². The van der Waals surface area contributed by atoms with Gasteiger partial charge in [-0.15, -0.1) is 0 Å². The van der Waals surface area contributed by atoms with Gasteiger partial charge in [0.05, 0.1) is 5.69 Å². The average Bonchev–Trinajstić information content (AvgIpc) is 3.30. The molecule has 7 nitrogen and oxygen atoms in total. The monoisotopic (exact) mass is 346 g/mol. The average molecular weight is 346 g/mol. The lowest BCUT2D eigenvalue weighted by Gasteiger charge is -2.02. The molecule has 0 saturated carbocycles. The molecule has 0 fully saturated rings. The molecule has 4 heterocycles. The molecule has 0 aliphatic carbocycles. The van der Waals surface area contributed by atoms with E-state index in [1.165, 1.54) is 17.3 Å². The second-order valence-electron chi connectivity index (χ2n) is 6.79. The van der Waals surface area contributed by atoms with Crippen molar-refractivity contribution in [2.75, 3.05) is 0 Å². The van der Waals surface area contributed by atoms with Crippen molar-refractivity contribution in [3.63, 3.8) is 0 Å². The van der Waals surface area contributed by atoms with Crippen LogP contribution in [0, 0.1) is 19.1 Å². The Balaban J connectivity index is 1.41. The Labute approximate surface area is 150 Å². The summed E-state index contributed by atoms with van der Waals surface area (Å²) in [5.41, 5.74) is 5.54. The smallest absolute Gasteiger partial charge is 0.234 e. The first-order valence-corrected chi connectivity index (χ1v) is 8.69. The van der Waals surface area contributed by atoms with Gasteiger partial charge < -0.3 is 9.77 Å². The summed E-state index contributed by atoms with van der Waals surface area (Å²) >= 11 is 0. The van der Waals surface area contributed by atoms with Gasteiger partial charge >= 0.3 is 0 Å². The van der Waals surface area contributed by atoms with Crippen LogP contribution in [0.2, 0.25) is 0 Å². The van der Waals surface area contributed by atoms with Crippen LogP contribution in [0.15, 0.2) is 36.7 Å². The molecular formula is C19H18N6O. The van der Waals surface area contributed by atoms with Crippen LogP contribution in [0.5, 0.6) is 0 Å². The molecule has 0 unspecified atom stereocenters. The molecule has 26 heavy (non-hydrogen) atoms. The predicted octanol–water partition coefficient (Wildman–Crippen LogP) is 1.99. The normalized spacial score (nSPS) is 12.5. The van der Waals surface area contributed by atoms with Gasteiger partial charge in [-0.25, -0.2) is 14.5 Å². The van der Waals surface area contributed by atoms with E-state index >= 15 is 0 Å². The van der Waals surface area contributed by atoms with Crippen molar-refractivity contribution in [2.24, 2.45) is 0 Å². The van der Waals surface area contributed by atoms with Crippen LogP contribution in [0.4, 0.5) is 0 Å². The lowest BCUT2D eigenvalue weighted by atomic mass is 10.1. The summed E-state index contributed by atoms with van der Waals surface area (Å²) in [4.78, 5) is 9.34. The first-order valence-electron chi connectivity index (χ1n) is 8.69. The molecule has 5 rings (SSSR count). The third-order valence-electron chi connectivity index (χ3n) is 4.97. The van der Waals surface area contributed by atoms with Crippen LogP contribution in [-0.2, 0) is 19.4 Å². The highest BCUT2D eigenvalue weighted by Gasteiger charge is 2.21. The Kier molecular flexibility index (Phi) is 3.12. The van der Waals surface area contributed by atoms with Crippen molar-refractivity contribution in [2.45, 2.75) is 33.2 Å². The van der Waals surface area contributed by atoms with E-state index in [1.807, 2.05) is 6.92 Å². The first kappa shape index (κ1) is 15.1. The number of aromatic nitrogens is 6. The number of imidazole rings is 1. The molecule has 0 saturated heterocycles. The van der Waals surface area contributed by atoms with E-state index < -0.39 is 0 Å². The molecule has 3 aromatic heterocycles. The van der Waals surface area contributed by atoms with E-state index in [2.05, 4.69) is 45.1 Å². The topological polar surface area (TPSA) is 74.9 Å². The summed E-state index contributed by atoms with van der Waals surface area (Å²) in [5.74, 6) is 1.77. The number of fused-ring (bicyclic) bond motifs is 4. The Morgan fingerprint density at radius 2 is 2.00 bits per heavy atom. The minimum absolute atomic E-state index is 0.562. The van der Waals surface area contributed by atoms with Crippen LogP contribution < -0.4 is 4.73 Å². The maximum absolute atomic E-state index is 11.8. The van der Waals surface area contributed by atoms with Gasteiger partial charge in [-0.1, -0.05) is 24.3 Å². The fourth-order valence-electron chi connectivity index (χ4n) is 3.59. The summed E-state index contributed by atoms with van der Waals surface area (Å²) < 4.78 is 4.79. The van der Waals surface area contributed by atoms with Gasteiger partial charge in [0, 0.05) is 31.6 Å². The molecule has 0 bridgehead atoms. The maximum atomic E-state index is 11.8. The zero-order chi connectivity index (χ0) is 17.8. The van der Waals surface area contributed by atoms with E-state index in [-0.39, 0.29) is 0 Å². The molecular weight excluding hydrogens is 328 g/mol. The van der Waals surface area contributed by atoms with Crippen molar-refractivity contribution in [3.8, 4) is 11.4 Å². The van der Waals surface area contributed by atoms with Gasteiger partial charge in [-0.05, 0) is 18.9 Å². The van der Waals surface area contributed by atoms with Gasteiger partial charge in [0.2, 0.25) is 17.5 Å². The zero-order valence-electron chi connectivity index (χ0n) is 14.7. The van der Waals surface area contributed by atoms with Gasteiger partial charge in [-0.3, -0.25) is 0 Å². The Morgan fingerprint density at radius 1 is 1.15 bits per heavy atom. The molecule has 0 spiro atoms. The number of hydrogen-bond acceptors (Lipinski definition) is 4. The van der Waals surface area contributed by atoms with Crippen molar-refractivity contribution in [1.82, 2.24) is 24.1 Å². The molecule has 0 N–H and O–H groups in total. The van der Waals surface area contributed by atoms with Crippen LogP contribution in [-0.4, -0.2) is 24.1 Å². The summed E-state index contributed by atoms with van der Waals surface area (Å²) in [5, 5.41) is 16.4. The third kappa shape index (κ3) is 2.20. The highest BCUT2D eigenvalue weighted by molar-refractivity contribution is 5.65. The molecule has 0 amide bonds. The minimum Gasteiger partial charge on any atom is -0.618 e. The lowest BCUT2D eigenvalue weighted by Crippen LogP contribution is -2.31. The molecule has 4 aromatic rings. The molecule has 1 aliphatic rings.